The monoisotopic (exact) mass is 1120 g/mol. The van der Waals surface area contributed by atoms with E-state index in [4.69, 9.17) is 28.1 Å². The van der Waals surface area contributed by atoms with E-state index in [-0.39, 0.29) is 58.5 Å². The predicted molar refractivity (Wildman–Crippen MR) is 281 cm³/mol. The molecule has 0 amide bonds. The van der Waals surface area contributed by atoms with Crippen LogP contribution in [0.2, 0.25) is 0 Å². The van der Waals surface area contributed by atoms with Crippen LogP contribution in [0.1, 0.15) is 123 Å². The second-order valence-corrected chi connectivity index (χ2v) is 22.0. The minimum absolute atomic E-state index is 0.00362. The molecule has 6 aromatic carbocycles. The fourth-order valence-corrected chi connectivity index (χ4v) is 7.66. The van der Waals surface area contributed by atoms with E-state index in [2.05, 4.69) is 64.7 Å². The zero-order valence-electron chi connectivity index (χ0n) is 43.1. The second kappa shape index (κ2) is 26.7. The van der Waals surface area contributed by atoms with Crippen molar-refractivity contribution in [2.45, 2.75) is 91.9 Å². The van der Waals surface area contributed by atoms with Gasteiger partial charge in [-0.05, 0) is 70.2 Å². The topological polar surface area (TPSA) is 83.6 Å². The van der Waals surface area contributed by atoms with Crippen molar-refractivity contribution in [1.82, 2.24) is 0 Å². The molecule has 6 rings (SSSR count). The predicted octanol–water partition coefficient (Wildman–Crippen LogP) is 17.4. The number of phenolic OH excluding ortho intramolecular Hbond substituents is 2. The van der Waals surface area contributed by atoms with Crippen molar-refractivity contribution >= 4 is 42.4 Å². The Morgan fingerprint density at radius 3 is 1.07 bits per heavy atom. The number of nitrogens with zero attached hydrogens (tertiary/aromatic N) is 2. The number of halogens is 10. The number of aromatic hydroxyl groups is 2. The average molecular weight is 1120 g/mol. The standard InChI is InChI=1S/2C29H29F4NO2.2ClH.Ti/c2*1-7-12-36-28-24(32)22(30)26(23(31)25(28)33)34-15-19-13-16(2)14-21(27(19)35)17(3)18-8-10-20(11-9-18)29(4,5)6;;;/h2*7-11,13-15,17,35H,1,12H2,2-6H3;2*1H;/q;;;;+2/p-2. The molecule has 0 aromatic heterocycles. The van der Waals surface area contributed by atoms with E-state index in [1.165, 1.54) is 23.3 Å². The Morgan fingerprint density at radius 1 is 0.533 bits per heavy atom. The molecule has 0 bridgehead atoms. The van der Waals surface area contributed by atoms with Crippen LogP contribution in [0.15, 0.2) is 108 Å². The van der Waals surface area contributed by atoms with Gasteiger partial charge in [-0.1, -0.05) is 141 Å². The Balaban J connectivity index is 0.000000308. The molecule has 0 aliphatic carbocycles. The summed E-state index contributed by atoms with van der Waals surface area (Å²) in [6.07, 6.45) is 4.31. The molecule has 2 atom stereocenters. The summed E-state index contributed by atoms with van der Waals surface area (Å²) >= 11 is -0.556. The van der Waals surface area contributed by atoms with E-state index in [0.717, 1.165) is 34.7 Å². The first kappa shape index (κ1) is 61.6. The molecule has 75 heavy (non-hydrogen) atoms. The number of ether oxygens (including phenoxy) is 2. The number of hydrogen-bond donors (Lipinski definition) is 2. The molecule has 6 nitrogen and oxygen atoms in total. The third-order valence-electron chi connectivity index (χ3n) is 11.9. The first-order valence-electron chi connectivity index (χ1n) is 23.3. The number of aryl methyl sites for hydroxylation is 2. The van der Waals surface area contributed by atoms with E-state index >= 15 is 0 Å². The third kappa shape index (κ3) is 15.1. The van der Waals surface area contributed by atoms with Crippen LogP contribution in [0.3, 0.4) is 0 Å². The van der Waals surface area contributed by atoms with Crippen LogP contribution in [-0.4, -0.2) is 35.9 Å². The summed E-state index contributed by atoms with van der Waals surface area (Å²) < 4.78 is 125. The van der Waals surface area contributed by atoms with Gasteiger partial charge in [-0.25, -0.2) is 27.5 Å². The van der Waals surface area contributed by atoms with Crippen LogP contribution in [0.5, 0.6) is 23.0 Å². The summed E-state index contributed by atoms with van der Waals surface area (Å²) in [5, 5.41) is 21.9. The van der Waals surface area contributed by atoms with Crippen molar-refractivity contribution in [3.8, 4) is 23.0 Å². The van der Waals surface area contributed by atoms with Gasteiger partial charge < -0.3 is 19.7 Å². The van der Waals surface area contributed by atoms with E-state index in [0.29, 0.717) is 11.1 Å². The maximum absolute atomic E-state index is 14.5. The van der Waals surface area contributed by atoms with Gasteiger partial charge in [-0.2, -0.15) is 17.6 Å². The van der Waals surface area contributed by atoms with Crippen molar-refractivity contribution in [3.63, 3.8) is 0 Å². The Morgan fingerprint density at radius 2 is 0.813 bits per heavy atom. The maximum atomic E-state index is 14.5. The molecule has 6 aromatic rings. The molecular formula is C58H58Cl2F8N2O4Ti. The van der Waals surface area contributed by atoms with Gasteiger partial charge in [0.1, 0.15) is 36.1 Å². The Hall–Kier alpha value is -5.93. The molecule has 0 radical (unpaired) electrons. The molecule has 17 heteroatoms. The van der Waals surface area contributed by atoms with Gasteiger partial charge in [-0.15, -0.1) is 0 Å². The van der Waals surface area contributed by atoms with Gasteiger partial charge in [-0.3, -0.25) is 0 Å². The normalized spacial score (nSPS) is 12.4. The average Bonchev–Trinajstić information content (AvgIpc) is 3.36. The van der Waals surface area contributed by atoms with Gasteiger partial charge in [0.2, 0.25) is 23.3 Å². The molecule has 0 fully saturated rings. The van der Waals surface area contributed by atoms with Crippen molar-refractivity contribution in [2.24, 2.45) is 9.98 Å². The number of benzene rings is 6. The van der Waals surface area contributed by atoms with Gasteiger partial charge in [0.15, 0.2) is 34.8 Å². The van der Waals surface area contributed by atoms with Crippen molar-refractivity contribution in [3.05, 3.63) is 200 Å². The fraction of sp³-hybridized carbons (Fsp3) is 0.276. The molecule has 0 saturated heterocycles. The molecule has 2 N–H and O–H groups in total. The number of aliphatic imine (C=N–C) groups is 2. The van der Waals surface area contributed by atoms with Gasteiger partial charge in [0, 0.05) is 46.5 Å². The van der Waals surface area contributed by atoms with E-state index in [1.807, 2.05) is 62.4 Å². The molecule has 0 spiro atoms. The van der Waals surface area contributed by atoms with Crippen molar-refractivity contribution in [2.75, 3.05) is 13.2 Å². The van der Waals surface area contributed by atoms with Crippen LogP contribution in [0, 0.1) is 60.4 Å². The summed E-state index contributed by atoms with van der Waals surface area (Å²) in [6.45, 7) is 26.1. The van der Waals surface area contributed by atoms with Gasteiger partial charge in [0.05, 0.1) is 0 Å². The second-order valence-electron chi connectivity index (χ2n) is 19.4. The third-order valence-corrected chi connectivity index (χ3v) is 11.9. The molecule has 398 valence electrons. The Bertz CT molecular complexity index is 2800. The Kier molecular flexibility index (Phi) is 21.9. The summed E-state index contributed by atoms with van der Waals surface area (Å²) in [7, 11) is 9.78. The first-order valence-corrected chi connectivity index (χ1v) is 27.6. The summed E-state index contributed by atoms with van der Waals surface area (Å²) in [5.74, 6) is -16.7. The molecule has 0 heterocycles. The SMILES string of the molecule is C=CCOc1c(F)c(F)c(N=Cc2cc(C)cc(C(C)c3ccc(C(C)(C)C)cc3)c2O)c(F)c1F.C=CCOc1c(F)c(F)c(N=Cc2cc(C)cc(C(C)c3ccc(C(C)(C)C)cc3)c2O)c(F)c1F.[Cl][Ti][Cl]. The molecule has 0 saturated carbocycles. The number of rotatable bonds is 14. The number of hydrogen-bond acceptors (Lipinski definition) is 6. The Labute approximate surface area is 450 Å². The van der Waals surface area contributed by atoms with Crippen LogP contribution >= 0.6 is 18.6 Å². The van der Waals surface area contributed by atoms with Crippen molar-refractivity contribution < 1.29 is 71.8 Å². The summed E-state index contributed by atoms with van der Waals surface area (Å²) in [6, 6.07) is 22.9. The van der Waals surface area contributed by atoms with Gasteiger partial charge >= 0.3 is 35.6 Å². The van der Waals surface area contributed by atoms with Crippen LogP contribution in [0.4, 0.5) is 46.5 Å². The zero-order chi connectivity index (χ0) is 56.3. The van der Waals surface area contributed by atoms with Crippen LogP contribution < -0.4 is 9.47 Å². The quantitative estimate of drug-likeness (QED) is 0.0374. The van der Waals surface area contributed by atoms with Crippen LogP contribution in [0.25, 0.3) is 0 Å². The summed E-state index contributed by atoms with van der Waals surface area (Å²) in [5.41, 5.74) is 4.89. The molecule has 0 aliphatic rings. The molecule has 2 unspecified atom stereocenters. The van der Waals surface area contributed by atoms with E-state index < -0.39 is 86.4 Å². The molecular weight excluding hydrogens is 1060 g/mol. The van der Waals surface area contributed by atoms with Gasteiger partial charge in [0.25, 0.3) is 0 Å². The minimum atomic E-state index is -1.70. The zero-order valence-corrected chi connectivity index (χ0v) is 46.2. The summed E-state index contributed by atoms with van der Waals surface area (Å²) in [4.78, 5) is 7.28. The van der Waals surface area contributed by atoms with Crippen LogP contribution in [-0.2, 0) is 27.9 Å². The van der Waals surface area contributed by atoms with E-state index in [9.17, 15) is 45.3 Å². The number of phenols is 2. The van der Waals surface area contributed by atoms with Crippen molar-refractivity contribution in [1.29, 1.82) is 0 Å². The molecule has 0 aliphatic heterocycles. The fourth-order valence-electron chi connectivity index (χ4n) is 7.66. The first-order chi connectivity index (χ1) is 35.1. The van der Waals surface area contributed by atoms with E-state index in [1.54, 1.807) is 38.1 Å².